The highest BCUT2D eigenvalue weighted by Crippen LogP contribution is 2.30. The molecule has 7 nitrogen and oxygen atoms in total. The first kappa shape index (κ1) is 21.1. The highest BCUT2D eigenvalue weighted by molar-refractivity contribution is 7.89. The summed E-state index contributed by atoms with van der Waals surface area (Å²) in [6.07, 6.45) is 2.64. The first-order valence-corrected chi connectivity index (χ1v) is 11.2. The molecule has 0 radical (unpaired) electrons. The number of benzene rings is 2. The first-order chi connectivity index (χ1) is 13.9. The third kappa shape index (κ3) is 5.71. The van der Waals surface area contributed by atoms with Crippen LogP contribution in [0.4, 0.5) is 16.2 Å². The highest BCUT2D eigenvalue weighted by atomic mass is 32.2. The Kier molecular flexibility index (Phi) is 6.76. The third-order valence-electron chi connectivity index (χ3n) is 5.00. The Hall–Kier alpha value is -2.58. The highest BCUT2D eigenvalue weighted by Gasteiger charge is 2.34. The van der Waals surface area contributed by atoms with Crippen LogP contribution in [0.3, 0.4) is 0 Å². The lowest BCUT2D eigenvalue weighted by molar-refractivity contribution is 0.252. The fourth-order valence-corrected chi connectivity index (χ4v) is 4.43. The molecule has 29 heavy (non-hydrogen) atoms. The molecule has 0 saturated heterocycles. The van der Waals surface area contributed by atoms with Crippen LogP contribution in [0.15, 0.2) is 59.5 Å². The summed E-state index contributed by atoms with van der Waals surface area (Å²) >= 11 is 0. The molecule has 0 aromatic heterocycles. The van der Waals surface area contributed by atoms with E-state index in [9.17, 15) is 13.2 Å². The van der Waals surface area contributed by atoms with Crippen molar-refractivity contribution in [1.29, 1.82) is 0 Å². The maximum atomic E-state index is 12.5. The number of carbonyl (C=O) groups excluding carboxylic acids is 1. The van der Waals surface area contributed by atoms with Gasteiger partial charge in [0, 0.05) is 44.6 Å². The second-order valence-electron chi connectivity index (χ2n) is 7.27. The van der Waals surface area contributed by atoms with Gasteiger partial charge in [-0.2, -0.15) is 4.31 Å². The first-order valence-electron chi connectivity index (χ1n) is 9.77. The van der Waals surface area contributed by atoms with Crippen molar-refractivity contribution in [2.75, 3.05) is 37.4 Å². The van der Waals surface area contributed by atoms with Crippen LogP contribution in [0.1, 0.15) is 19.3 Å². The van der Waals surface area contributed by atoms with Gasteiger partial charge in [0.05, 0.1) is 4.90 Å². The Morgan fingerprint density at radius 3 is 2.31 bits per heavy atom. The molecule has 1 aliphatic rings. The van der Waals surface area contributed by atoms with Gasteiger partial charge in [0.1, 0.15) is 0 Å². The van der Waals surface area contributed by atoms with E-state index in [0.29, 0.717) is 12.2 Å². The molecule has 0 heterocycles. The molecule has 0 bridgehead atoms. The third-order valence-corrected chi connectivity index (χ3v) is 6.93. The Bertz CT molecular complexity index is 913. The monoisotopic (exact) mass is 416 g/mol. The molecular weight excluding hydrogens is 388 g/mol. The molecule has 1 saturated carbocycles. The largest absolute Gasteiger partial charge is 0.375 e. The summed E-state index contributed by atoms with van der Waals surface area (Å²) in [5.74, 6) is 0. The number of anilines is 2. The van der Waals surface area contributed by atoms with Gasteiger partial charge in [0.25, 0.3) is 0 Å². The minimum Gasteiger partial charge on any atom is -0.375 e. The molecule has 2 amide bonds. The van der Waals surface area contributed by atoms with Crippen molar-refractivity contribution in [3.63, 3.8) is 0 Å². The molecule has 2 aromatic rings. The average Bonchev–Trinajstić information content (AvgIpc) is 3.57. The smallest absolute Gasteiger partial charge is 0.319 e. The van der Waals surface area contributed by atoms with Crippen LogP contribution in [0, 0.1) is 0 Å². The molecule has 0 spiro atoms. The van der Waals surface area contributed by atoms with Gasteiger partial charge < -0.3 is 15.5 Å². The number of amides is 2. The number of sulfonamides is 1. The van der Waals surface area contributed by atoms with Gasteiger partial charge in [0.2, 0.25) is 10.0 Å². The molecule has 2 N–H and O–H groups in total. The van der Waals surface area contributed by atoms with Crippen molar-refractivity contribution in [2.45, 2.75) is 30.2 Å². The number of nitrogens with one attached hydrogen (secondary N) is 2. The quantitative estimate of drug-likeness (QED) is 0.616. The number of nitrogens with zero attached hydrogens (tertiary/aromatic N) is 2. The van der Waals surface area contributed by atoms with E-state index in [1.807, 2.05) is 37.4 Å². The standard InChI is InChI=1S/C21H28N4O3S/c1-24(18-7-4-3-5-8-18)16-6-15-22-21(26)23-17-9-13-20(14-10-17)29(27,28)25(2)19-11-12-19/h3-5,7-10,13-14,19H,6,11-12,15-16H2,1-2H3,(H2,22,23,26). The minimum absolute atomic E-state index is 0.115. The van der Waals surface area contributed by atoms with Crippen molar-refractivity contribution in [1.82, 2.24) is 9.62 Å². The maximum Gasteiger partial charge on any atom is 0.319 e. The van der Waals surface area contributed by atoms with Crippen LogP contribution in [0.5, 0.6) is 0 Å². The van der Waals surface area contributed by atoms with E-state index in [-0.39, 0.29) is 17.0 Å². The molecule has 1 fully saturated rings. The van der Waals surface area contributed by atoms with Gasteiger partial charge in [0.15, 0.2) is 0 Å². The van der Waals surface area contributed by atoms with Crippen molar-refractivity contribution in [3.8, 4) is 0 Å². The Morgan fingerprint density at radius 2 is 1.69 bits per heavy atom. The maximum absolute atomic E-state index is 12.5. The molecule has 0 aliphatic heterocycles. The second kappa shape index (κ2) is 9.28. The Morgan fingerprint density at radius 1 is 1.03 bits per heavy atom. The van der Waals surface area contributed by atoms with Crippen LogP contribution >= 0.6 is 0 Å². The lowest BCUT2D eigenvalue weighted by Crippen LogP contribution is -2.31. The van der Waals surface area contributed by atoms with Crippen LogP contribution in [-0.4, -0.2) is 52.0 Å². The van der Waals surface area contributed by atoms with Gasteiger partial charge in [-0.1, -0.05) is 18.2 Å². The topological polar surface area (TPSA) is 81.8 Å². The van der Waals surface area contributed by atoms with Crippen molar-refractivity contribution in [3.05, 3.63) is 54.6 Å². The molecule has 3 rings (SSSR count). The van der Waals surface area contributed by atoms with Crippen molar-refractivity contribution in [2.24, 2.45) is 0 Å². The Balaban J connectivity index is 1.42. The minimum atomic E-state index is -3.47. The van der Waals surface area contributed by atoms with E-state index in [2.05, 4.69) is 15.5 Å². The van der Waals surface area contributed by atoms with E-state index >= 15 is 0 Å². The summed E-state index contributed by atoms with van der Waals surface area (Å²) in [5, 5.41) is 5.55. The zero-order valence-corrected chi connectivity index (χ0v) is 17.7. The fraction of sp³-hybridized carbons (Fsp3) is 0.381. The molecule has 2 aromatic carbocycles. The SMILES string of the molecule is CN(CCCNC(=O)Nc1ccc(S(=O)(=O)N(C)C2CC2)cc1)c1ccccc1. The van der Waals surface area contributed by atoms with Crippen LogP contribution in [-0.2, 0) is 10.0 Å². The summed E-state index contributed by atoms with van der Waals surface area (Å²) in [4.78, 5) is 14.4. The predicted molar refractivity (Wildman–Crippen MR) is 116 cm³/mol. The summed E-state index contributed by atoms with van der Waals surface area (Å²) < 4.78 is 26.4. The average molecular weight is 417 g/mol. The van der Waals surface area contributed by atoms with Gasteiger partial charge >= 0.3 is 6.03 Å². The Labute approximate surface area is 172 Å². The van der Waals surface area contributed by atoms with E-state index in [1.54, 1.807) is 19.2 Å². The van der Waals surface area contributed by atoms with Gasteiger partial charge in [-0.3, -0.25) is 0 Å². The summed E-state index contributed by atoms with van der Waals surface area (Å²) in [6.45, 7) is 1.37. The zero-order valence-electron chi connectivity index (χ0n) is 16.8. The van der Waals surface area contributed by atoms with E-state index in [4.69, 9.17) is 0 Å². The number of para-hydroxylation sites is 1. The fourth-order valence-electron chi connectivity index (χ4n) is 3.02. The molecule has 0 atom stereocenters. The van der Waals surface area contributed by atoms with E-state index < -0.39 is 10.0 Å². The molecule has 156 valence electrons. The molecule has 0 unspecified atom stereocenters. The molecule has 1 aliphatic carbocycles. The lowest BCUT2D eigenvalue weighted by atomic mass is 10.3. The zero-order chi connectivity index (χ0) is 20.9. The van der Waals surface area contributed by atoms with Crippen LogP contribution < -0.4 is 15.5 Å². The van der Waals surface area contributed by atoms with Crippen LogP contribution in [0.2, 0.25) is 0 Å². The van der Waals surface area contributed by atoms with Crippen LogP contribution in [0.25, 0.3) is 0 Å². The summed E-state index contributed by atoms with van der Waals surface area (Å²) in [7, 11) is 0.163. The van der Waals surface area contributed by atoms with Gasteiger partial charge in [-0.15, -0.1) is 0 Å². The van der Waals surface area contributed by atoms with Crippen molar-refractivity contribution >= 4 is 27.4 Å². The van der Waals surface area contributed by atoms with E-state index in [0.717, 1.165) is 31.5 Å². The lowest BCUT2D eigenvalue weighted by Gasteiger charge is -2.19. The predicted octanol–water partition coefficient (Wildman–Crippen LogP) is 3.12. The molecule has 8 heteroatoms. The number of carbonyl (C=O) groups is 1. The summed E-state index contributed by atoms with van der Waals surface area (Å²) in [5.41, 5.74) is 1.69. The number of hydrogen-bond donors (Lipinski definition) is 2. The summed E-state index contributed by atoms with van der Waals surface area (Å²) in [6, 6.07) is 16.2. The molecular formula is C21H28N4O3S. The van der Waals surface area contributed by atoms with E-state index in [1.165, 1.54) is 16.4 Å². The number of hydrogen-bond acceptors (Lipinski definition) is 4. The van der Waals surface area contributed by atoms with Crippen molar-refractivity contribution < 1.29 is 13.2 Å². The number of rotatable bonds is 9. The van der Waals surface area contributed by atoms with Gasteiger partial charge in [-0.25, -0.2) is 13.2 Å². The van der Waals surface area contributed by atoms with Gasteiger partial charge in [-0.05, 0) is 55.7 Å². The normalized spacial score (nSPS) is 13.9. The number of urea groups is 1. The second-order valence-corrected chi connectivity index (χ2v) is 9.27.